The summed E-state index contributed by atoms with van der Waals surface area (Å²) in [6, 6.07) is 7.71. The Bertz CT molecular complexity index is 480. The van der Waals surface area contributed by atoms with E-state index < -0.39 is 8.07 Å². The van der Waals surface area contributed by atoms with Gasteiger partial charge < -0.3 is 9.47 Å². The van der Waals surface area contributed by atoms with Gasteiger partial charge in [-0.3, -0.25) is 4.79 Å². The monoisotopic (exact) mass is 290 g/mol. The molecule has 0 spiro atoms. The molecule has 108 valence electrons. The Kier molecular flexibility index (Phi) is 5.84. The maximum Gasteiger partial charge on any atom is 0.305 e. The number of esters is 1. The fraction of sp³-hybridized carbons (Fsp3) is 0.438. The van der Waals surface area contributed by atoms with Crippen LogP contribution in [0.15, 0.2) is 24.3 Å². The van der Waals surface area contributed by atoms with Crippen molar-refractivity contribution in [1.29, 1.82) is 0 Å². The minimum absolute atomic E-state index is 0.136. The van der Waals surface area contributed by atoms with Crippen molar-refractivity contribution in [2.75, 3.05) is 7.11 Å². The number of ether oxygens (including phenoxy) is 2. The van der Waals surface area contributed by atoms with E-state index in [1.54, 1.807) is 0 Å². The standard InChI is InChI=1S/C16H22O3Si/c1-6-16(20(3,4)5)19-14-10-7-13(8-11-14)9-12-15(17)18-2/h1,7-8,10-11,16H,9,12H2,2-5H3. The third-order valence-electron chi connectivity index (χ3n) is 2.96. The van der Waals surface area contributed by atoms with Crippen LogP contribution in [0.3, 0.4) is 0 Å². The maximum atomic E-state index is 11.1. The highest BCUT2D eigenvalue weighted by Crippen LogP contribution is 2.19. The summed E-state index contributed by atoms with van der Waals surface area (Å²) < 4.78 is 10.5. The largest absolute Gasteiger partial charge is 0.482 e. The first kappa shape index (κ1) is 16.3. The van der Waals surface area contributed by atoms with Gasteiger partial charge in [0.2, 0.25) is 0 Å². The molecule has 1 aromatic carbocycles. The molecule has 0 aliphatic carbocycles. The van der Waals surface area contributed by atoms with E-state index in [2.05, 4.69) is 30.3 Å². The minimum atomic E-state index is -1.54. The van der Waals surface area contributed by atoms with Gasteiger partial charge in [-0.15, -0.1) is 6.42 Å². The summed E-state index contributed by atoms with van der Waals surface area (Å²) in [5.74, 6) is 3.31. The molecule has 0 heterocycles. The Morgan fingerprint density at radius 1 is 1.30 bits per heavy atom. The summed E-state index contributed by atoms with van der Waals surface area (Å²) in [7, 11) is -0.139. The van der Waals surface area contributed by atoms with E-state index in [9.17, 15) is 4.79 Å². The SMILES string of the molecule is C#CC(Oc1ccc(CCC(=O)OC)cc1)[Si](C)(C)C. The second-order valence-electron chi connectivity index (χ2n) is 5.75. The second kappa shape index (κ2) is 7.16. The van der Waals surface area contributed by atoms with E-state index in [0.29, 0.717) is 12.8 Å². The van der Waals surface area contributed by atoms with Crippen molar-refractivity contribution in [2.24, 2.45) is 0 Å². The van der Waals surface area contributed by atoms with Crippen molar-refractivity contribution in [3.63, 3.8) is 0 Å². The molecule has 0 bridgehead atoms. The first-order valence-electron chi connectivity index (χ1n) is 6.65. The molecule has 0 amide bonds. The molecule has 1 aromatic rings. The Hall–Kier alpha value is -1.73. The van der Waals surface area contributed by atoms with Gasteiger partial charge in [0.25, 0.3) is 0 Å². The number of terminal acetylenes is 1. The van der Waals surface area contributed by atoms with Gasteiger partial charge in [-0.2, -0.15) is 0 Å². The van der Waals surface area contributed by atoms with Gasteiger partial charge >= 0.3 is 5.97 Å². The molecule has 0 saturated carbocycles. The molecular weight excluding hydrogens is 268 g/mol. The minimum Gasteiger partial charge on any atom is -0.482 e. The predicted octanol–water partition coefficient (Wildman–Crippen LogP) is 3.05. The van der Waals surface area contributed by atoms with Crippen LogP contribution >= 0.6 is 0 Å². The molecular formula is C16H22O3Si. The van der Waals surface area contributed by atoms with E-state index in [0.717, 1.165) is 11.3 Å². The van der Waals surface area contributed by atoms with Gasteiger partial charge in [0.15, 0.2) is 0 Å². The van der Waals surface area contributed by atoms with E-state index in [1.165, 1.54) is 7.11 Å². The average molecular weight is 290 g/mol. The lowest BCUT2D eigenvalue weighted by Crippen LogP contribution is -2.41. The van der Waals surface area contributed by atoms with Gasteiger partial charge in [-0.25, -0.2) is 0 Å². The van der Waals surface area contributed by atoms with Crippen LogP contribution in [0.25, 0.3) is 0 Å². The van der Waals surface area contributed by atoms with Crippen LogP contribution in [-0.2, 0) is 16.0 Å². The number of methoxy groups -OCH3 is 1. The summed E-state index contributed by atoms with van der Waals surface area (Å²) in [5, 5.41) is 0. The van der Waals surface area contributed by atoms with Crippen LogP contribution in [0.2, 0.25) is 19.6 Å². The third-order valence-corrected chi connectivity index (χ3v) is 4.82. The lowest BCUT2D eigenvalue weighted by atomic mass is 10.1. The first-order valence-corrected chi connectivity index (χ1v) is 10.2. The smallest absolute Gasteiger partial charge is 0.305 e. The second-order valence-corrected chi connectivity index (χ2v) is 11.0. The third kappa shape index (κ3) is 5.10. The number of hydrogen-bond acceptors (Lipinski definition) is 3. The molecule has 0 aromatic heterocycles. The van der Waals surface area contributed by atoms with Crippen LogP contribution in [0.4, 0.5) is 0 Å². The zero-order valence-electron chi connectivity index (χ0n) is 12.6. The van der Waals surface area contributed by atoms with Crippen molar-refractivity contribution >= 4 is 14.0 Å². The summed E-state index contributed by atoms with van der Waals surface area (Å²) in [4.78, 5) is 11.1. The first-order chi connectivity index (χ1) is 9.36. The molecule has 20 heavy (non-hydrogen) atoms. The summed E-state index contributed by atoms with van der Waals surface area (Å²) in [5.41, 5.74) is 0.941. The van der Waals surface area contributed by atoms with Gasteiger partial charge in [0.05, 0.1) is 7.11 Å². The molecule has 0 radical (unpaired) electrons. The fourth-order valence-corrected chi connectivity index (χ4v) is 2.67. The highest BCUT2D eigenvalue weighted by atomic mass is 28.3. The molecule has 1 unspecified atom stereocenters. The average Bonchev–Trinajstić information content (AvgIpc) is 2.42. The van der Waals surface area contributed by atoms with Gasteiger partial charge in [0, 0.05) is 6.42 Å². The quantitative estimate of drug-likeness (QED) is 0.459. The molecule has 0 fully saturated rings. The lowest BCUT2D eigenvalue weighted by Gasteiger charge is -2.25. The zero-order valence-corrected chi connectivity index (χ0v) is 13.6. The molecule has 0 N–H and O–H groups in total. The summed E-state index contributed by atoms with van der Waals surface area (Å²) in [6.07, 6.45) is 6.60. The van der Waals surface area contributed by atoms with Crippen molar-refractivity contribution in [1.82, 2.24) is 0 Å². The number of aryl methyl sites for hydroxylation is 1. The number of benzene rings is 1. The van der Waals surface area contributed by atoms with Crippen LogP contribution in [0.5, 0.6) is 5.75 Å². The topological polar surface area (TPSA) is 35.5 Å². The van der Waals surface area contributed by atoms with Crippen molar-refractivity contribution in [2.45, 2.75) is 38.2 Å². The highest BCUT2D eigenvalue weighted by molar-refractivity contribution is 6.78. The normalized spacial score (nSPS) is 12.3. The van der Waals surface area contributed by atoms with Crippen LogP contribution < -0.4 is 4.74 Å². The van der Waals surface area contributed by atoms with E-state index in [4.69, 9.17) is 11.2 Å². The van der Waals surface area contributed by atoms with Crippen molar-refractivity contribution in [3.05, 3.63) is 29.8 Å². The van der Waals surface area contributed by atoms with Crippen molar-refractivity contribution < 1.29 is 14.3 Å². The summed E-state index contributed by atoms with van der Waals surface area (Å²) >= 11 is 0. The molecule has 0 aliphatic rings. The van der Waals surface area contributed by atoms with Gasteiger partial charge in [-0.05, 0) is 24.1 Å². The van der Waals surface area contributed by atoms with E-state index in [1.807, 2.05) is 24.3 Å². The Labute approximate surface area is 122 Å². The lowest BCUT2D eigenvalue weighted by molar-refractivity contribution is -0.140. The fourth-order valence-electron chi connectivity index (χ4n) is 1.68. The molecule has 1 atom stereocenters. The van der Waals surface area contributed by atoms with Gasteiger partial charge in [0.1, 0.15) is 19.6 Å². The van der Waals surface area contributed by atoms with Crippen molar-refractivity contribution in [3.8, 4) is 18.1 Å². The van der Waals surface area contributed by atoms with E-state index >= 15 is 0 Å². The zero-order chi connectivity index (χ0) is 15.2. The molecule has 4 heteroatoms. The number of carbonyl (C=O) groups excluding carboxylic acids is 1. The van der Waals surface area contributed by atoms with E-state index in [-0.39, 0.29) is 11.7 Å². The summed E-state index contributed by atoms with van der Waals surface area (Å²) in [6.45, 7) is 6.55. The Morgan fingerprint density at radius 2 is 1.90 bits per heavy atom. The van der Waals surface area contributed by atoms with Gasteiger partial charge in [-0.1, -0.05) is 37.7 Å². The Balaban J connectivity index is 2.63. The van der Waals surface area contributed by atoms with Crippen LogP contribution in [-0.4, -0.2) is 26.9 Å². The number of carbonyl (C=O) groups is 1. The number of rotatable bonds is 6. The Morgan fingerprint density at radius 3 is 2.35 bits per heavy atom. The maximum absolute atomic E-state index is 11.1. The number of hydrogen-bond donors (Lipinski definition) is 0. The molecule has 3 nitrogen and oxygen atoms in total. The molecule has 1 rings (SSSR count). The molecule has 0 saturated heterocycles. The highest BCUT2D eigenvalue weighted by Gasteiger charge is 2.26. The van der Waals surface area contributed by atoms with Crippen LogP contribution in [0.1, 0.15) is 12.0 Å². The molecule has 0 aliphatic heterocycles. The van der Waals surface area contributed by atoms with Crippen LogP contribution in [0, 0.1) is 12.3 Å². The predicted molar refractivity (Wildman–Crippen MR) is 83.4 cm³/mol.